The van der Waals surface area contributed by atoms with E-state index in [0.717, 1.165) is 22.3 Å². The van der Waals surface area contributed by atoms with Crippen LogP contribution >= 0.6 is 0 Å². The Kier molecular flexibility index (Phi) is 3.02. The number of aromatic hydroxyl groups is 1. The molecule has 0 aliphatic carbocycles. The van der Waals surface area contributed by atoms with Crippen molar-refractivity contribution in [2.24, 2.45) is 0 Å². The molecule has 0 bridgehead atoms. The van der Waals surface area contributed by atoms with E-state index in [1.54, 1.807) is 6.07 Å². The van der Waals surface area contributed by atoms with Gasteiger partial charge in [0.05, 0.1) is 4.92 Å². The van der Waals surface area contributed by atoms with E-state index in [9.17, 15) is 15.2 Å². The zero-order valence-electron chi connectivity index (χ0n) is 10.2. The largest absolute Gasteiger partial charge is 0.502 e. The summed E-state index contributed by atoms with van der Waals surface area (Å²) in [4.78, 5) is 10.2. The number of benzene rings is 2. The van der Waals surface area contributed by atoms with Gasteiger partial charge in [-0.05, 0) is 36.6 Å². The molecule has 0 spiro atoms. The fourth-order valence-electron chi connectivity index (χ4n) is 1.97. The second-order valence-corrected chi connectivity index (χ2v) is 4.28. The Morgan fingerprint density at radius 1 is 1.11 bits per heavy atom. The van der Waals surface area contributed by atoms with Crippen LogP contribution in [0.25, 0.3) is 11.1 Å². The molecule has 0 saturated carbocycles. The number of aryl methyl sites for hydroxylation is 2. The lowest BCUT2D eigenvalue weighted by Crippen LogP contribution is -1.90. The van der Waals surface area contributed by atoms with E-state index >= 15 is 0 Å². The van der Waals surface area contributed by atoms with Crippen LogP contribution < -0.4 is 0 Å². The summed E-state index contributed by atoms with van der Waals surface area (Å²) < 4.78 is 0. The van der Waals surface area contributed by atoms with Gasteiger partial charge in [0.15, 0.2) is 5.75 Å². The highest BCUT2D eigenvalue weighted by atomic mass is 16.6. The van der Waals surface area contributed by atoms with E-state index in [-0.39, 0.29) is 11.4 Å². The van der Waals surface area contributed by atoms with E-state index in [0.29, 0.717) is 0 Å². The molecule has 2 rings (SSSR count). The summed E-state index contributed by atoms with van der Waals surface area (Å²) in [6.07, 6.45) is 0. The average molecular weight is 243 g/mol. The summed E-state index contributed by atoms with van der Waals surface area (Å²) in [7, 11) is 0. The van der Waals surface area contributed by atoms with Gasteiger partial charge >= 0.3 is 5.69 Å². The lowest BCUT2D eigenvalue weighted by Gasteiger charge is -2.07. The fourth-order valence-corrected chi connectivity index (χ4v) is 1.97. The molecule has 1 N–H and O–H groups in total. The van der Waals surface area contributed by atoms with Gasteiger partial charge in [-0.2, -0.15) is 0 Å². The van der Waals surface area contributed by atoms with Gasteiger partial charge in [-0.15, -0.1) is 0 Å². The Hall–Kier alpha value is -2.36. The molecular formula is C14H13NO3. The summed E-state index contributed by atoms with van der Waals surface area (Å²) in [6.45, 7) is 3.96. The maximum absolute atomic E-state index is 10.8. The predicted molar refractivity (Wildman–Crippen MR) is 69.7 cm³/mol. The van der Waals surface area contributed by atoms with Crippen LogP contribution in [0.3, 0.4) is 0 Å². The Balaban J connectivity index is 2.58. The quantitative estimate of drug-likeness (QED) is 0.647. The van der Waals surface area contributed by atoms with Gasteiger partial charge in [0.1, 0.15) is 0 Å². The SMILES string of the molecule is Cc1ccc(-c2ccc(O)c([N+](=O)[O-])c2)c(C)c1. The second-order valence-electron chi connectivity index (χ2n) is 4.28. The monoisotopic (exact) mass is 243 g/mol. The second kappa shape index (κ2) is 4.49. The predicted octanol–water partition coefficient (Wildman–Crippen LogP) is 3.58. The Bertz CT molecular complexity index is 620. The third kappa shape index (κ3) is 2.18. The lowest BCUT2D eigenvalue weighted by atomic mass is 9.98. The summed E-state index contributed by atoms with van der Waals surface area (Å²) >= 11 is 0. The molecule has 0 aliphatic heterocycles. The highest BCUT2D eigenvalue weighted by molar-refractivity contribution is 5.71. The van der Waals surface area contributed by atoms with Crippen LogP contribution in [0.15, 0.2) is 36.4 Å². The normalized spacial score (nSPS) is 10.3. The van der Waals surface area contributed by atoms with E-state index < -0.39 is 4.92 Å². The molecule has 0 aromatic heterocycles. The Morgan fingerprint density at radius 3 is 2.44 bits per heavy atom. The van der Waals surface area contributed by atoms with Gasteiger partial charge in [0, 0.05) is 6.07 Å². The zero-order chi connectivity index (χ0) is 13.3. The van der Waals surface area contributed by atoms with Crippen molar-refractivity contribution in [3.05, 3.63) is 57.6 Å². The van der Waals surface area contributed by atoms with Crippen molar-refractivity contribution in [2.45, 2.75) is 13.8 Å². The third-order valence-corrected chi connectivity index (χ3v) is 2.87. The number of nitro benzene ring substituents is 1. The topological polar surface area (TPSA) is 63.4 Å². The van der Waals surface area contributed by atoms with Crippen molar-refractivity contribution < 1.29 is 10.0 Å². The standard InChI is InChI=1S/C14H13NO3/c1-9-3-5-12(10(2)7-9)11-4-6-14(16)13(8-11)15(17)18/h3-8,16H,1-2H3. The molecule has 4 nitrogen and oxygen atoms in total. The van der Waals surface area contributed by atoms with Crippen molar-refractivity contribution in [2.75, 3.05) is 0 Å². The zero-order valence-corrected chi connectivity index (χ0v) is 10.2. The fraction of sp³-hybridized carbons (Fsp3) is 0.143. The number of phenolic OH excluding ortho intramolecular Hbond substituents is 1. The molecule has 0 heterocycles. The van der Waals surface area contributed by atoms with Crippen LogP contribution in [-0.4, -0.2) is 10.0 Å². The number of rotatable bonds is 2. The van der Waals surface area contributed by atoms with Gasteiger partial charge in [-0.25, -0.2) is 0 Å². The van der Waals surface area contributed by atoms with Crippen LogP contribution in [0.4, 0.5) is 5.69 Å². The summed E-state index contributed by atoms with van der Waals surface area (Å²) in [6, 6.07) is 10.3. The van der Waals surface area contributed by atoms with Crippen molar-refractivity contribution in [1.82, 2.24) is 0 Å². The number of nitrogens with zero attached hydrogens (tertiary/aromatic N) is 1. The Labute approximate surface area is 105 Å². The minimum Gasteiger partial charge on any atom is -0.502 e. The van der Waals surface area contributed by atoms with Crippen LogP contribution in [0, 0.1) is 24.0 Å². The molecule has 0 atom stereocenters. The van der Waals surface area contributed by atoms with Crippen molar-refractivity contribution >= 4 is 5.69 Å². The molecule has 18 heavy (non-hydrogen) atoms. The van der Waals surface area contributed by atoms with Crippen LogP contribution in [0.1, 0.15) is 11.1 Å². The first-order valence-corrected chi connectivity index (χ1v) is 5.54. The van der Waals surface area contributed by atoms with Gasteiger partial charge in [0.2, 0.25) is 0 Å². The van der Waals surface area contributed by atoms with Crippen molar-refractivity contribution in [1.29, 1.82) is 0 Å². The Morgan fingerprint density at radius 2 is 1.83 bits per heavy atom. The first kappa shape index (κ1) is 12.1. The number of nitro groups is 1. The van der Waals surface area contributed by atoms with Gasteiger partial charge in [-0.1, -0.05) is 29.8 Å². The average Bonchev–Trinajstić information content (AvgIpc) is 2.30. The number of hydrogen-bond acceptors (Lipinski definition) is 3. The molecular weight excluding hydrogens is 230 g/mol. The molecule has 2 aromatic rings. The minimum absolute atomic E-state index is 0.271. The minimum atomic E-state index is -0.581. The summed E-state index contributed by atoms with van der Waals surface area (Å²) in [5.41, 5.74) is 3.59. The van der Waals surface area contributed by atoms with Crippen LogP contribution in [0.5, 0.6) is 5.75 Å². The van der Waals surface area contributed by atoms with E-state index in [4.69, 9.17) is 0 Å². The van der Waals surface area contributed by atoms with Gasteiger partial charge in [-0.3, -0.25) is 10.1 Å². The lowest BCUT2D eigenvalue weighted by molar-refractivity contribution is -0.385. The summed E-state index contributed by atoms with van der Waals surface area (Å²) in [5, 5.41) is 20.2. The van der Waals surface area contributed by atoms with Crippen LogP contribution in [-0.2, 0) is 0 Å². The number of hydrogen-bond donors (Lipinski definition) is 1. The van der Waals surface area contributed by atoms with E-state index in [2.05, 4.69) is 0 Å². The van der Waals surface area contributed by atoms with Gasteiger partial charge < -0.3 is 5.11 Å². The van der Waals surface area contributed by atoms with Crippen LogP contribution in [0.2, 0.25) is 0 Å². The first-order chi connectivity index (χ1) is 8.49. The maximum atomic E-state index is 10.8. The highest BCUT2D eigenvalue weighted by Gasteiger charge is 2.14. The van der Waals surface area contributed by atoms with E-state index in [1.807, 2.05) is 32.0 Å². The molecule has 0 fully saturated rings. The molecule has 0 saturated heterocycles. The maximum Gasteiger partial charge on any atom is 0.311 e. The first-order valence-electron chi connectivity index (χ1n) is 5.54. The van der Waals surface area contributed by atoms with E-state index in [1.165, 1.54) is 12.1 Å². The molecule has 0 unspecified atom stereocenters. The molecule has 4 heteroatoms. The highest BCUT2D eigenvalue weighted by Crippen LogP contribution is 2.32. The van der Waals surface area contributed by atoms with Crippen molar-refractivity contribution in [3.63, 3.8) is 0 Å². The molecule has 92 valence electrons. The molecule has 0 aliphatic rings. The molecule has 0 amide bonds. The smallest absolute Gasteiger partial charge is 0.311 e. The number of phenols is 1. The van der Waals surface area contributed by atoms with Gasteiger partial charge in [0.25, 0.3) is 0 Å². The third-order valence-electron chi connectivity index (χ3n) is 2.87. The van der Waals surface area contributed by atoms with Crippen molar-refractivity contribution in [3.8, 4) is 16.9 Å². The molecule has 0 radical (unpaired) electrons. The molecule has 2 aromatic carbocycles. The summed E-state index contributed by atoms with van der Waals surface area (Å²) in [5.74, 6) is -0.312.